The highest BCUT2D eigenvalue weighted by atomic mass is 16.5. The van der Waals surface area contributed by atoms with E-state index in [0.717, 1.165) is 30.6 Å². The lowest BCUT2D eigenvalue weighted by atomic mass is 9.80. The minimum Gasteiger partial charge on any atom is -0.494 e. The van der Waals surface area contributed by atoms with E-state index in [-0.39, 0.29) is 0 Å². The maximum absolute atomic E-state index is 5.79. The van der Waals surface area contributed by atoms with Crippen LogP contribution < -0.4 is 4.74 Å². The van der Waals surface area contributed by atoms with E-state index in [1.807, 2.05) is 0 Å². The quantitative estimate of drug-likeness (QED) is 0.586. The molecule has 0 radical (unpaired) electrons. The van der Waals surface area contributed by atoms with E-state index in [0.29, 0.717) is 0 Å². The molecule has 112 valence electrons. The van der Waals surface area contributed by atoms with Gasteiger partial charge in [-0.25, -0.2) is 0 Å². The molecule has 0 atom stereocenters. The fourth-order valence-electron chi connectivity index (χ4n) is 3.11. The lowest BCUT2D eigenvalue weighted by Gasteiger charge is -2.26. The summed E-state index contributed by atoms with van der Waals surface area (Å²) in [7, 11) is 0. The molecule has 0 saturated heterocycles. The van der Waals surface area contributed by atoms with Crippen molar-refractivity contribution in [1.82, 2.24) is 0 Å². The van der Waals surface area contributed by atoms with Crippen molar-refractivity contribution < 1.29 is 4.74 Å². The third-order valence-electron chi connectivity index (χ3n) is 4.64. The zero-order valence-corrected chi connectivity index (χ0v) is 13.2. The molecule has 0 unspecified atom stereocenters. The van der Waals surface area contributed by atoms with Crippen LogP contribution in [0.25, 0.3) is 0 Å². The Hall–Kier alpha value is -0.980. The van der Waals surface area contributed by atoms with Gasteiger partial charge < -0.3 is 4.74 Å². The standard InChI is InChI=1S/C19H30O/c1-3-4-14-20-19-7-5-6-18(15-19)13-12-17-10-8-16(2)9-11-17/h5-7,15-17H,3-4,8-14H2,1-2H3. The molecule has 1 heteroatoms. The number of aryl methyl sites for hydroxylation is 1. The SMILES string of the molecule is CCCCOc1cccc(CCC2CCC(C)CC2)c1. The predicted molar refractivity (Wildman–Crippen MR) is 86.3 cm³/mol. The van der Waals surface area contributed by atoms with Gasteiger partial charge in [0, 0.05) is 0 Å². The molecule has 0 heterocycles. The maximum atomic E-state index is 5.79. The second-order valence-electron chi connectivity index (χ2n) is 6.51. The zero-order valence-electron chi connectivity index (χ0n) is 13.2. The van der Waals surface area contributed by atoms with Crippen LogP contribution in [-0.2, 0) is 6.42 Å². The summed E-state index contributed by atoms with van der Waals surface area (Å²) in [5.74, 6) is 2.96. The molecule has 1 nitrogen and oxygen atoms in total. The molecule has 1 aliphatic carbocycles. The predicted octanol–water partition coefficient (Wildman–Crippen LogP) is 5.62. The number of unbranched alkanes of at least 4 members (excludes halogenated alkanes) is 1. The van der Waals surface area contributed by atoms with Crippen molar-refractivity contribution >= 4 is 0 Å². The Balaban J connectivity index is 1.76. The van der Waals surface area contributed by atoms with Gasteiger partial charge in [0.25, 0.3) is 0 Å². The number of hydrogen-bond donors (Lipinski definition) is 0. The molecular weight excluding hydrogens is 244 g/mol. The summed E-state index contributed by atoms with van der Waals surface area (Å²) in [4.78, 5) is 0. The van der Waals surface area contributed by atoms with Gasteiger partial charge in [-0.3, -0.25) is 0 Å². The Bertz CT molecular complexity index is 377. The van der Waals surface area contributed by atoms with Crippen LogP contribution in [0, 0.1) is 11.8 Å². The van der Waals surface area contributed by atoms with E-state index in [1.54, 1.807) is 0 Å². The van der Waals surface area contributed by atoms with E-state index in [4.69, 9.17) is 4.74 Å². The number of rotatable bonds is 7. The van der Waals surface area contributed by atoms with Gasteiger partial charge in [0.1, 0.15) is 5.75 Å². The molecule has 1 aromatic rings. The minimum atomic E-state index is 0.848. The van der Waals surface area contributed by atoms with Crippen LogP contribution in [0.2, 0.25) is 0 Å². The summed E-state index contributed by atoms with van der Waals surface area (Å²) in [6.07, 6.45) is 10.6. The van der Waals surface area contributed by atoms with Crippen molar-refractivity contribution in [3.63, 3.8) is 0 Å². The molecule has 1 fully saturated rings. The molecular formula is C19H30O. The van der Waals surface area contributed by atoms with Crippen LogP contribution in [0.4, 0.5) is 0 Å². The van der Waals surface area contributed by atoms with Crippen molar-refractivity contribution in [1.29, 1.82) is 0 Å². The summed E-state index contributed by atoms with van der Waals surface area (Å²) >= 11 is 0. The molecule has 0 amide bonds. The molecule has 0 N–H and O–H groups in total. The Labute approximate surface area is 124 Å². The van der Waals surface area contributed by atoms with Crippen LogP contribution >= 0.6 is 0 Å². The topological polar surface area (TPSA) is 9.23 Å². The van der Waals surface area contributed by atoms with Gasteiger partial charge >= 0.3 is 0 Å². The monoisotopic (exact) mass is 274 g/mol. The molecule has 0 spiro atoms. The van der Waals surface area contributed by atoms with Gasteiger partial charge in [0.15, 0.2) is 0 Å². The molecule has 1 saturated carbocycles. The van der Waals surface area contributed by atoms with E-state index in [9.17, 15) is 0 Å². The highest BCUT2D eigenvalue weighted by Crippen LogP contribution is 2.31. The number of benzene rings is 1. The number of hydrogen-bond acceptors (Lipinski definition) is 1. The van der Waals surface area contributed by atoms with Crippen LogP contribution in [0.5, 0.6) is 5.75 Å². The summed E-state index contributed by atoms with van der Waals surface area (Å²) < 4.78 is 5.79. The van der Waals surface area contributed by atoms with Crippen LogP contribution in [-0.4, -0.2) is 6.61 Å². The Morgan fingerprint density at radius 1 is 1.15 bits per heavy atom. The Morgan fingerprint density at radius 3 is 2.70 bits per heavy atom. The van der Waals surface area contributed by atoms with E-state index in [2.05, 4.69) is 38.1 Å². The summed E-state index contributed by atoms with van der Waals surface area (Å²) in [6.45, 7) is 5.44. The fourth-order valence-corrected chi connectivity index (χ4v) is 3.11. The second kappa shape index (κ2) is 8.34. The van der Waals surface area contributed by atoms with Crippen molar-refractivity contribution in [3.8, 4) is 5.75 Å². The first-order valence-corrected chi connectivity index (χ1v) is 8.49. The third-order valence-corrected chi connectivity index (χ3v) is 4.64. The van der Waals surface area contributed by atoms with Crippen molar-refractivity contribution in [2.24, 2.45) is 11.8 Å². The largest absolute Gasteiger partial charge is 0.494 e. The first kappa shape index (κ1) is 15.4. The minimum absolute atomic E-state index is 0.848. The first-order chi connectivity index (χ1) is 9.78. The van der Waals surface area contributed by atoms with Gasteiger partial charge in [-0.1, -0.05) is 58.1 Å². The second-order valence-corrected chi connectivity index (χ2v) is 6.51. The highest BCUT2D eigenvalue weighted by molar-refractivity contribution is 5.28. The summed E-state index contributed by atoms with van der Waals surface area (Å²) in [5.41, 5.74) is 1.44. The van der Waals surface area contributed by atoms with Crippen LogP contribution in [0.1, 0.15) is 64.4 Å². The number of ether oxygens (including phenoxy) is 1. The van der Waals surface area contributed by atoms with Crippen molar-refractivity contribution in [2.45, 2.75) is 65.2 Å². The van der Waals surface area contributed by atoms with Crippen LogP contribution in [0.3, 0.4) is 0 Å². The zero-order chi connectivity index (χ0) is 14.2. The van der Waals surface area contributed by atoms with Crippen molar-refractivity contribution in [2.75, 3.05) is 6.61 Å². The molecule has 20 heavy (non-hydrogen) atoms. The molecule has 1 aliphatic rings. The highest BCUT2D eigenvalue weighted by Gasteiger charge is 2.17. The third kappa shape index (κ3) is 5.19. The average molecular weight is 274 g/mol. The Kier molecular flexibility index (Phi) is 6.42. The van der Waals surface area contributed by atoms with Gasteiger partial charge in [0.05, 0.1) is 6.61 Å². The van der Waals surface area contributed by atoms with E-state index >= 15 is 0 Å². The first-order valence-electron chi connectivity index (χ1n) is 8.49. The lowest BCUT2D eigenvalue weighted by Crippen LogP contribution is -2.12. The van der Waals surface area contributed by atoms with Crippen LogP contribution in [0.15, 0.2) is 24.3 Å². The van der Waals surface area contributed by atoms with E-state index in [1.165, 1.54) is 50.5 Å². The summed E-state index contributed by atoms with van der Waals surface area (Å²) in [6, 6.07) is 8.71. The van der Waals surface area contributed by atoms with Gasteiger partial charge in [-0.05, 0) is 48.8 Å². The van der Waals surface area contributed by atoms with E-state index < -0.39 is 0 Å². The molecule has 0 aromatic heterocycles. The van der Waals surface area contributed by atoms with Gasteiger partial charge in [-0.15, -0.1) is 0 Å². The molecule has 2 rings (SSSR count). The molecule has 0 aliphatic heterocycles. The molecule has 1 aromatic carbocycles. The fraction of sp³-hybridized carbons (Fsp3) is 0.684. The smallest absolute Gasteiger partial charge is 0.119 e. The summed E-state index contributed by atoms with van der Waals surface area (Å²) in [5, 5.41) is 0. The maximum Gasteiger partial charge on any atom is 0.119 e. The van der Waals surface area contributed by atoms with Gasteiger partial charge in [0.2, 0.25) is 0 Å². The average Bonchev–Trinajstić information content (AvgIpc) is 2.47. The Morgan fingerprint density at radius 2 is 1.95 bits per heavy atom. The van der Waals surface area contributed by atoms with Gasteiger partial charge in [-0.2, -0.15) is 0 Å². The molecule has 0 bridgehead atoms. The van der Waals surface area contributed by atoms with Crippen molar-refractivity contribution in [3.05, 3.63) is 29.8 Å². The lowest BCUT2D eigenvalue weighted by molar-refractivity contribution is 0.277. The normalized spacial score (nSPS) is 22.7.